The van der Waals surface area contributed by atoms with Crippen LogP contribution in [0.25, 0.3) is 0 Å². The fourth-order valence-corrected chi connectivity index (χ4v) is 3.19. The highest BCUT2D eigenvalue weighted by Crippen LogP contribution is 2.23. The summed E-state index contributed by atoms with van der Waals surface area (Å²) in [6.07, 6.45) is 1.04. The van der Waals surface area contributed by atoms with Gasteiger partial charge in [0, 0.05) is 20.1 Å². The maximum atomic E-state index is 11.1. The molecule has 0 aliphatic carbocycles. The highest BCUT2D eigenvalue weighted by atomic mass is 32.2. The zero-order valence-corrected chi connectivity index (χ0v) is 8.84. The Morgan fingerprint density at radius 1 is 1.15 bits per heavy atom. The Morgan fingerprint density at radius 2 is 1.62 bits per heavy atom. The molecule has 0 bridgehead atoms. The Hall–Kier alpha value is -0.130. The molecule has 0 atom stereocenters. The highest BCUT2D eigenvalue weighted by molar-refractivity contribution is 7.91. The van der Waals surface area contributed by atoms with Crippen LogP contribution in [0, 0.1) is 5.92 Å². The molecular weight excluding hydrogens is 192 g/mol. The fraction of sp³-hybridized carbons (Fsp3) is 1.00. The van der Waals surface area contributed by atoms with Crippen LogP contribution in [0.3, 0.4) is 0 Å². The summed E-state index contributed by atoms with van der Waals surface area (Å²) in [6, 6.07) is 0. The summed E-state index contributed by atoms with van der Waals surface area (Å²) in [5.74, 6) is 0.750. The molecule has 0 N–H and O–H groups in total. The van der Waals surface area contributed by atoms with Gasteiger partial charge in [0.2, 0.25) is 0 Å². The van der Waals surface area contributed by atoms with Crippen LogP contribution in [0.15, 0.2) is 0 Å². The molecule has 1 heterocycles. The van der Waals surface area contributed by atoms with Crippen molar-refractivity contribution in [3.63, 3.8) is 0 Å². The Morgan fingerprint density at radius 3 is 2.00 bits per heavy atom. The first-order chi connectivity index (χ1) is 6.09. The van der Waals surface area contributed by atoms with Crippen molar-refractivity contribution in [2.45, 2.75) is 19.1 Å². The van der Waals surface area contributed by atoms with Crippen LogP contribution < -0.4 is 0 Å². The molecule has 1 fully saturated rings. The average molecular weight is 208 g/mol. The Kier molecular flexibility index (Phi) is 3.70. The van der Waals surface area contributed by atoms with Crippen LogP contribution in [-0.4, -0.2) is 40.4 Å². The molecule has 0 aromatic rings. The van der Waals surface area contributed by atoms with Crippen molar-refractivity contribution in [2.24, 2.45) is 5.92 Å². The van der Waals surface area contributed by atoms with Gasteiger partial charge in [-0.2, -0.15) is 0 Å². The van der Waals surface area contributed by atoms with Crippen molar-refractivity contribution in [1.29, 1.82) is 0 Å². The number of hydrogen-bond donors (Lipinski definition) is 0. The van der Waals surface area contributed by atoms with Gasteiger partial charge in [0.1, 0.15) is 9.84 Å². The van der Waals surface area contributed by atoms with Crippen molar-refractivity contribution in [2.75, 3.05) is 25.7 Å². The van der Waals surface area contributed by atoms with Crippen molar-refractivity contribution in [3.8, 4) is 0 Å². The maximum Gasteiger partial charge on any atom is 0.159 e. The van der Waals surface area contributed by atoms with Crippen LogP contribution in [0.4, 0.5) is 0 Å². The van der Waals surface area contributed by atoms with E-state index in [2.05, 4.69) is 0 Å². The van der Waals surface area contributed by atoms with Gasteiger partial charge in [0.05, 0.1) is 11.5 Å². The Bertz CT molecular complexity index is 229. The van der Waals surface area contributed by atoms with Crippen molar-refractivity contribution >= 4 is 9.84 Å². The summed E-state index contributed by atoms with van der Waals surface area (Å²) in [5, 5.41) is 0. The lowest BCUT2D eigenvalue weighted by Gasteiger charge is -2.27. The number of sulfone groups is 1. The van der Waals surface area contributed by atoms with Gasteiger partial charge < -0.3 is 9.47 Å². The summed E-state index contributed by atoms with van der Waals surface area (Å²) in [7, 11) is 0.385. The molecule has 0 unspecified atom stereocenters. The van der Waals surface area contributed by atoms with Gasteiger partial charge in [-0.3, -0.25) is 0 Å². The molecule has 1 aliphatic heterocycles. The van der Waals surface area contributed by atoms with Crippen LogP contribution in [-0.2, 0) is 19.3 Å². The topological polar surface area (TPSA) is 52.6 Å². The largest absolute Gasteiger partial charge is 0.356 e. The minimum absolute atomic E-state index is 0.221. The van der Waals surface area contributed by atoms with Crippen LogP contribution in [0.1, 0.15) is 12.8 Å². The first-order valence-corrected chi connectivity index (χ1v) is 6.17. The second kappa shape index (κ2) is 4.39. The van der Waals surface area contributed by atoms with E-state index in [0.717, 1.165) is 0 Å². The standard InChI is InChI=1S/C8H16O4S/c1-11-8(12-2)7-3-5-13(9,10)6-4-7/h7-8H,3-6H2,1-2H3. The molecule has 0 aromatic heterocycles. The third-order valence-electron chi connectivity index (χ3n) is 2.45. The molecule has 0 spiro atoms. The van der Waals surface area contributed by atoms with E-state index >= 15 is 0 Å². The number of hydrogen-bond acceptors (Lipinski definition) is 4. The molecule has 78 valence electrons. The summed E-state index contributed by atoms with van der Waals surface area (Å²) >= 11 is 0. The quantitative estimate of drug-likeness (QED) is 0.631. The summed E-state index contributed by atoms with van der Waals surface area (Å²) in [6.45, 7) is 0. The van der Waals surface area contributed by atoms with Gasteiger partial charge in [0.15, 0.2) is 6.29 Å². The van der Waals surface area contributed by atoms with Gasteiger partial charge in [-0.05, 0) is 12.8 Å². The molecule has 13 heavy (non-hydrogen) atoms. The molecule has 0 amide bonds. The van der Waals surface area contributed by atoms with Gasteiger partial charge in [-0.1, -0.05) is 0 Å². The second-order valence-electron chi connectivity index (χ2n) is 3.33. The van der Waals surface area contributed by atoms with E-state index in [4.69, 9.17) is 9.47 Å². The van der Waals surface area contributed by atoms with E-state index in [9.17, 15) is 8.42 Å². The maximum absolute atomic E-state index is 11.1. The van der Waals surface area contributed by atoms with E-state index < -0.39 is 9.84 Å². The third-order valence-corrected chi connectivity index (χ3v) is 4.16. The first-order valence-electron chi connectivity index (χ1n) is 4.35. The summed E-state index contributed by atoms with van der Waals surface area (Å²) < 4.78 is 32.4. The highest BCUT2D eigenvalue weighted by Gasteiger charge is 2.29. The number of ether oxygens (including phenoxy) is 2. The van der Waals surface area contributed by atoms with Crippen LogP contribution >= 0.6 is 0 Å². The molecule has 0 radical (unpaired) electrons. The smallest absolute Gasteiger partial charge is 0.159 e. The second-order valence-corrected chi connectivity index (χ2v) is 5.63. The Balaban J connectivity index is 2.49. The predicted molar refractivity (Wildman–Crippen MR) is 49.2 cm³/mol. The lowest BCUT2D eigenvalue weighted by molar-refractivity contribution is -0.138. The zero-order valence-electron chi connectivity index (χ0n) is 8.02. The molecule has 1 saturated heterocycles. The Labute approximate surface area is 79.1 Å². The summed E-state index contributed by atoms with van der Waals surface area (Å²) in [5.41, 5.74) is 0. The van der Waals surface area contributed by atoms with Crippen molar-refractivity contribution in [3.05, 3.63) is 0 Å². The normalized spacial score (nSPS) is 23.6. The van der Waals surface area contributed by atoms with E-state index in [1.165, 1.54) is 0 Å². The monoisotopic (exact) mass is 208 g/mol. The van der Waals surface area contributed by atoms with Gasteiger partial charge in [-0.25, -0.2) is 8.42 Å². The minimum atomic E-state index is -2.78. The zero-order chi connectivity index (χ0) is 9.90. The van der Waals surface area contributed by atoms with E-state index in [1.54, 1.807) is 14.2 Å². The number of rotatable bonds is 3. The van der Waals surface area contributed by atoms with Crippen molar-refractivity contribution in [1.82, 2.24) is 0 Å². The molecule has 5 heteroatoms. The van der Waals surface area contributed by atoms with E-state index in [-0.39, 0.29) is 23.7 Å². The molecule has 1 aliphatic rings. The minimum Gasteiger partial charge on any atom is -0.356 e. The van der Waals surface area contributed by atoms with Gasteiger partial charge in [0.25, 0.3) is 0 Å². The van der Waals surface area contributed by atoms with Crippen LogP contribution in [0.2, 0.25) is 0 Å². The van der Waals surface area contributed by atoms with Gasteiger partial charge >= 0.3 is 0 Å². The summed E-state index contributed by atoms with van der Waals surface area (Å²) in [4.78, 5) is 0. The first kappa shape index (κ1) is 10.9. The molecule has 0 saturated carbocycles. The molecule has 4 nitrogen and oxygen atoms in total. The van der Waals surface area contributed by atoms with E-state index in [0.29, 0.717) is 12.8 Å². The number of methoxy groups -OCH3 is 2. The van der Waals surface area contributed by atoms with Crippen molar-refractivity contribution < 1.29 is 17.9 Å². The molecule has 1 rings (SSSR count). The molecular formula is C8H16O4S. The van der Waals surface area contributed by atoms with Gasteiger partial charge in [-0.15, -0.1) is 0 Å². The lowest BCUT2D eigenvalue weighted by Crippen LogP contribution is -2.33. The third kappa shape index (κ3) is 2.93. The van der Waals surface area contributed by atoms with E-state index in [1.807, 2.05) is 0 Å². The average Bonchev–Trinajstić information content (AvgIpc) is 2.09. The van der Waals surface area contributed by atoms with Crippen LogP contribution in [0.5, 0.6) is 0 Å². The predicted octanol–water partition coefficient (Wildman–Crippen LogP) is 0.430. The fourth-order valence-electron chi connectivity index (χ4n) is 1.66. The SMILES string of the molecule is COC(OC)C1CCS(=O)(=O)CC1. The lowest BCUT2D eigenvalue weighted by atomic mass is 10.0. The molecule has 0 aromatic carbocycles.